The Labute approximate surface area is 61.0 Å². The fourth-order valence-electron chi connectivity index (χ4n) is 1.24. The molecule has 3 N–H and O–H groups in total. The van der Waals surface area contributed by atoms with Crippen LogP contribution in [0.5, 0.6) is 0 Å². The van der Waals surface area contributed by atoms with Gasteiger partial charge in [-0.3, -0.25) is 4.79 Å². The molecule has 0 saturated carbocycles. The standard InChI is InChI=1S/C7H14N2O/c1-5-2-3-6(4-8)7(10)9-5/h5-6H,2-4,8H2,1H3,(H,9,10). The molecule has 2 atom stereocenters. The van der Waals surface area contributed by atoms with Gasteiger partial charge in [-0.15, -0.1) is 0 Å². The van der Waals surface area contributed by atoms with Gasteiger partial charge in [-0.05, 0) is 19.8 Å². The monoisotopic (exact) mass is 142 g/mol. The molecule has 1 aliphatic rings. The molecule has 3 nitrogen and oxygen atoms in total. The largest absolute Gasteiger partial charge is 0.353 e. The molecular formula is C7H14N2O. The first kappa shape index (κ1) is 7.54. The van der Waals surface area contributed by atoms with Crippen molar-refractivity contribution in [3.63, 3.8) is 0 Å². The van der Waals surface area contributed by atoms with Crippen LogP contribution in [0.1, 0.15) is 19.8 Å². The highest BCUT2D eigenvalue weighted by molar-refractivity contribution is 5.79. The van der Waals surface area contributed by atoms with E-state index in [1.165, 1.54) is 0 Å². The lowest BCUT2D eigenvalue weighted by Gasteiger charge is -2.25. The first-order valence-electron chi connectivity index (χ1n) is 3.74. The maximum atomic E-state index is 11.0. The minimum atomic E-state index is 0.0659. The molecule has 1 heterocycles. The number of hydrogen-bond acceptors (Lipinski definition) is 2. The first-order chi connectivity index (χ1) is 4.74. The maximum absolute atomic E-state index is 11.0. The Bertz CT molecular complexity index is 136. The number of hydrogen-bond donors (Lipinski definition) is 2. The fourth-order valence-corrected chi connectivity index (χ4v) is 1.24. The Kier molecular flexibility index (Phi) is 2.27. The maximum Gasteiger partial charge on any atom is 0.224 e. The molecular weight excluding hydrogens is 128 g/mol. The van der Waals surface area contributed by atoms with Crippen LogP contribution in [-0.2, 0) is 4.79 Å². The second kappa shape index (κ2) is 3.01. The summed E-state index contributed by atoms with van der Waals surface area (Å²) in [5.41, 5.74) is 5.38. The predicted molar refractivity (Wildman–Crippen MR) is 39.4 cm³/mol. The van der Waals surface area contributed by atoms with Gasteiger partial charge in [0.1, 0.15) is 0 Å². The van der Waals surface area contributed by atoms with Gasteiger partial charge in [0, 0.05) is 12.6 Å². The van der Waals surface area contributed by atoms with Crippen molar-refractivity contribution in [2.45, 2.75) is 25.8 Å². The summed E-state index contributed by atoms with van der Waals surface area (Å²) >= 11 is 0. The summed E-state index contributed by atoms with van der Waals surface area (Å²) in [6, 6.07) is 0.343. The van der Waals surface area contributed by atoms with E-state index in [1.54, 1.807) is 0 Å². The smallest absolute Gasteiger partial charge is 0.224 e. The number of nitrogens with one attached hydrogen (secondary N) is 1. The molecule has 0 aliphatic carbocycles. The summed E-state index contributed by atoms with van der Waals surface area (Å²) in [4.78, 5) is 11.0. The van der Waals surface area contributed by atoms with Gasteiger partial charge in [0.25, 0.3) is 0 Å². The van der Waals surface area contributed by atoms with E-state index in [4.69, 9.17) is 5.73 Å². The number of amides is 1. The Balaban J connectivity index is 2.43. The van der Waals surface area contributed by atoms with Crippen molar-refractivity contribution >= 4 is 5.91 Å². The van der Waals surface area contributed by atoms with Crippen molar-refractivity contribution in [1.29, 1.82) is 0 Å². The van der Waals surface area contributed by atoms with Gasteiger partial charge in [0.2, 0.25) is 5.91 Å². The highest BCUT2D eigenvalue weighted by atomic mass is 16.2. The zero-order valence-corrected chi connectivity index (χ0v) is 6.26. The number of piperidine rings is 1. The molecule has 0 bridgehead atoms. The van der Waals surface area contributed by atoms with E-state index < -0.39 is 0 Å². The number of nitrogens with two attached hydrogens (primary N) is 1. The molecule has 1 amide bonds. The zero-order valence-electron chi connectivity index (χ0n) is 6.26. The second-order valence-electron chi connectivity index (χ2n) is 2.92. The van der Waals surface area contributed by atoms with Gasteiger partial charge < -0.3 is 11.1 Å². The lowest BCUT2D eigenvalue weighted by Crippen LogP contribution is -2.44. The summed E-state index contributed by atoms with van der Waals surface area (Å²) in [5.74, 6) is 0.192. The summed E-state index contributed by atoms with van der Waals surface area (Å²) in [5, 5.41) is 2.86. The quantitative estimate of drug-likeness (QED) is 0.535. The Morgan fingerprint density at radius 2 is 2.40 bits per heavy atom. The van der Waals surface area contributed by atoms with Crippen molar-refractivity contribution in [3.8, 4) is 0 Å². The number of carbonyl (C=O) groups excluding carboxylic acids is 1. The first-order valence-corrected chi connectivity index (χ1v) is 3.74. The topological polar surface area (TPSA) is 55.1 Å². The van der Waals surface area contributed by atoms with E-state index in [0.717, 1.165) is 12.8 Å². The third-order valence-corrected chi connectivity index (χ3v) is 1.99. The van der Waals surface area contributed by atoms with Gasteiger partial charge in [-0.25, -0.2) is 0 Å². The van der Waals surface area contributed by atoms with Crippen LogP contribution in [0.3, 0.4) is 0 Å². The molecule has 3 heteroatoms. The van der Waals surface area contributed by atoms with Crippen LogP contribution >= 0.6 is 0 Å². The van der Waals surface area contributed by atoms with Crippen molar-refractivity contribution < 1.29 is 4.79 Å². The van der Waals surface area contributed by atoms with Gasteiger partial charge in [0.05, 0.1) is 5.92 Å². The van der Waals surface area contributed by atoms with Crippen LogP contribution < -0.4 is 11.1 Å². The summed E-state index contributed by atoms with van der Waals surface area (Å²) in [6.07, 6.45) is 2.01. The molecule has 0 aromatic carbocycles. The average Bonchev–Trinajstić information content (AvgIpc) is 1.88. The molecule has 10 heavy (non-hydrogen) atoms. The van der Waals surface area contributed by atoms with Crippen LogP contribution in [0, 0.1) is 5.92 Å². The molecule has 1 saturated heterocycles. The van der Waals surface area contributed by atoms with Crippen molar-refractivity contribution in [1.82, 2.24) is 5.32 Å². The Morgan fingerprint density at radius 1 is 1.70 bits per heavy atom. The Morgan fingerprint density at radius 3 is 2.90 bits per heavy atom. The fraction of sp³-hybridized carbons (Fsp3) is 0.857. The number of carbonyl (C=O) groups is 1. The van der Waals surface area contributed by atoms with E-state index in [9.17, 15) is 4.79 Å². The van der Waals surface area contributed by atoms with Gasteiger partial charge in [0.15, 0.2) is 0 Å². The van der Waals surface area contributed by atoms with Gasteiger partial charge in [-0.2, -0.15) is 0 Å². The summed E-state index contributed by atoms with van der Waals surface area (Å²) < 4.78 is 0. The zero-order chi connectivity index (χ0) is 7.56. The van der Waals surface area contributed by atoms with E-state index in [1.807, 2.05) is 6.92 Å². The lowest BCUT2D eigenvalue weighted by molar-refractivity contribution is -0.127. The molecule has 1 rings (SSSR count). The molecule has 0 aromatic heterocycles. The molecule has 0 aromatic rings. The predicted octanol–water partition coefficient (Wildman–Crippen LogP) is -0.140. The number of rotatable bonds is 1. The van der Waals surface area contributed by atoms with Crippen LogP contribution in [0.4, 0.5) is 0 Å². The lowest BCUT2D eigenvalue weighted by atomic mass is 9.95. The molecule has 58 valence electrons. The van der Waals surface area contributed by atoms with Crippen LogP contribution in [0.15, 0.2) is 0 Å². The minimum absolute atomic E-state index is 0.0659. The molecule has 1 fully saturated rings. The second-order valence-corrected chi connectivity index (χ2v) is 2.92. The van der Waals surface area contributed by atoms with Crippen LogP contribution in [-0.4, -0.2) is 18.5 Å². The average molecular weight is 142 g/mol. The van der Waals surface area contributed by atoms with Crippen LogP contribution in [0.25, 0.3) is 0 Å². The van der Waals surface area contributed by atoms with Crippen molar-refractivity contribution in [3.05, 3.63) is 0 Å². The Hall–Kier alpha value is -0.570. The molecule has 0 radical (unpaired) electrons. The molecule has 0 spiro atoms. The summed E-state index contributed by atoms with van der Waals surface area (Å²) in [7, 11) is 0. The molecule has 2 unspecified atom stereocenters. The molecule has 1 aliphatic heterocycles. The van der Waals surface area contributed by atoms with E-state index in [0.29, 0.717) is 12.6 Å². The highest BCUT2D eigenvalue weighted by Crippen LogP contribution is 2.13. The van der Waals surface area contributed by atoms with E-state index in [2.05, 4.69) is 5.32 Å². The van der Waals surface area contributed by atoms with E-state index >= 15 is 0 Å². The third kappa shape index (κ3) is 1.48. The SMILES string of the molecule is CC1CCC(CN)C(=O)N1. The minimum Gasteiger partial charge on any atom is -0.353 e. The van der Waals surface area contributed by atoms with Gasteiger partial charge >= 0.3 is 0 Å². The van der Waals surface area contributed by atoms with E-state index in [-0.39, 0.29) is 11.8 Å². The van der Waals surface area contributed by atoms with Crippen molar-refractivity contribution in [2.24, 2.45) is 11.7 Å². The third-order valence-electron chi connectivity index (χ3n) is 1.99. The summed E-state index contributed by atoms with van der Waals surface area (Å²) in [6.45, 7) is 2.50. The normalized spacial score (nSPS) is 33.6. The van der Waals surface area contributed by atoms with Crippen LogP contribution in [0.2, 0.25) is 0 Å². The highest BCUT2D eigenvalue weighted by Gasteiger charge is 2.23. The van der Waals surface area contributed by atoms with Gasteiger partial charge in [-0.1, -0.05) is 0 Å². The van der Waals surface area contributed by atoms with Crippen molar-refractivity contribution in [2.75, 3.05) is 6.54 Å².